The monoisotopic (exact) mass is 445 g/mol. The third-order valence-corrected chi connectivity index (χ3v) is 5.33. The van der Waals surface area contributed by atoms with Crippen molar-refractivity contribution in [3.63, 3.8) is 0 Å². The molecule has 0 bridgehead atoms. The van der Waals surface area contributed by atoms with Gasteiger partial charge < -0.3 is 19.3 Å². The van der Waals surface area contributed by atoms with Crippen LogP contribution < -0.4 is 0 Å². The molecule has 1 atom stereocenters. The number of likely N-dealkylation sites (tertiary alicyclic amines) is 1. The van der Waals surface area contributed by atoms with Gasteiger partial charge in [0.2, 0.25) is 5.60 Å². The number of carbonyl (C=O) groups excluding carboxylic acids is 2. The number of amides is 1. The first-order chi connectivity index (χ1) is 15.8. The van der Waals surface area contributed by atoms with Gasteiger partial charge in [0.05, 0.1) is 30.5 Å². The average molecular weight is 445 g/mol. The molecule has 1 aliphatic heterocycles. The molecule has 1 aliphatic rings. The summed E-state index contributed by atoms with van der Waals surface area (Å²) in [5.41, 5.74) is 0.884. The van der Waals surface area contributed by atoms with Gasteiger partial charge in [-0.3, -0.25) is 4.79 Å². The van der Waals surface area contributed by atoms with Gasteiger partial charge in [0.25, 0.3) is 5.91 Å². The molecule has 1 unspecified atom stereocenters. The van der Waals surface area contributed by atoms with E-state index < -0.39 is 17.5 Å². The molecule has 1 amide bonds. The zero-order chi connectivity index (χ0) is 23.6. The number of hydrogen-bond donors (Lipinski definition) is 1. The zero-order valence-electron chi connectivity index (χ0n) is 18.6. The molecule has 3 aromatic rings. The third-order valence-electron chi connectivity index (χ3n) is 5.33. The minimum absolute atomic E-state index is 0.128. The maximum absolute atomic E-state index is 12.4. The molecule has 1 N–H and O–H groups in total. The predicted octanol–water partition coefficient (Wildman–Crippen LogP) is 1.67. The van der Waals surface area contributed by atoms with Gasteiger partial charge in [-0.2, -0.15) is 0 Å². The maximum atomic E-state index is 12.4. The van der Waals surface area contributed by atoms with Gasteiger partial charge in [-0.1, -0.05) is 24.0 Å². The molecule has 33 heavy (non-hydrogen) atoms. The average Bonchev–Trinajstić information content (AvgIpc) is 3.36. The predicted molar refractivity (Wildman–Crippen MR) is 120 cm³/mol. The Bertz CT molecular complexity index is 1290. The van der Waals surface area contributed by atoms with Crippen molar-refractivity contribution >= 4 is 11.9 Å². The van der Waals surface area contributed by atoms with Crippen LogP contribution in [0, 0.1) is 11.8 Å². The van der Waals surface area contributed by atoms with E-state index in [1.54, 1.807) is 61.4 Å². The standard InChI is InChI=1S/C24H23N5O4/c1-4-33-22(30)19-13-18(20-14-25-15-29(20)3)26-21(27-19)17-7-5-6-16(12-17)8-9-24(32)10-11-28(2)23(24)31/h5-7,12-15,32H,4,10-11H2,1-3H3. The Morgan fingerprint density at radius 3 is 2.76 bits per heavy atom. The molecule has 0 saturated carbocycles. The molecule has 9 nitrogen and oxygen atoms in total. The number of likely N-dealkylation sites (N-methyl/N-ethyl adjacent to an activating group) is 1. The van der Waals surface area contributed by atoms with Crippen molar-refractivity contribution in [1.82, 2.24) is 24.4 Å². The number of aryl methyl sites for hydroxylation is 1. The topological polar surface area (TPSA) is 110 Å². The van der Waals surface area contributed by atoms with E-state index in [0.29, 0.717) is 34.9 Å². The minimum Gasteiger partial charge on any atom is -0.461 e. The highest BCUT2D eigenvalue weighted by atomic mass is 16.5. The molecule has 168 valence electrons. The van der Waals surface area contributed by atoms with Gasteiger partial charge in [-0.05, 0) is 25.1 Å². The summed E-state index contributed by atoms with van der Waals surface area (Å²) in [6.07, 6.45) is 3.55. The van der Waals surface area contributed by atoms with Crippen LogP contribution in [-0.2, 0) is 16.6 Å². The van der Waals surface area contributed by atoms with E-state index >= 15 is 0 Å². The largest absolute Gasteiger partial charge is 0.461 e. The molecule has 9 heteroatoms. The first-order valence-corrected chi connectivity index (χ1v) is 10.4. The third kappa shape index (κ3) is 4.47. The summed E-state index contributed by atoms with van der Waals surface area (Å²) in [7, 11) is 3.47. The smallest absolute Gasteiger partial charge is 0.357 e. The fourth-order valence-corrected chi connectivity index (χ4v) is 3.50. The number of aromatic nitrogens is 4. The molecule has 0 radical (unpaired) electrons. The Hall–Kier alpha value is -4.03. The van der Waals surface area contributed by atoms with Gasteiger partial charge in [-0.25, -0.2) is 19.7 Å². The number of imidazole rings is 1. The first-order valence-electron chi connectivity index (χ1n) is 10.4. The minimum atomic E-state index is -1.68. The molecule has 0 spiro atoms. The number of rotatable bonds is 4. The summed E-state index contributed by atoms with van der Waals surface area (Å²) in [5.74, 6) is 4.96. The number of nitrogens with zero attached hydrogens (tertiary/aromatic N) is 5. The number of esters is 1. The number of aliphatic hydroxyl groups is 1. The summed E-state index contributed by atoms with van der Waals surface area (Å²) in [5, 5.41) is 10.5. The van der Waals surface area contributed by atoms with Gasteiger partial charge in [0.15, 0.2) is 11.5 Å². The van der Waals surface area contributed by atoms with E-state index in [-0.39, 0.29) is 18.7 Å². The quantitative estimate of drug-likeness (QED) is 0.480. The van der Waals surface area contributed by atoms with Crippen LogP contribution in [0.25, 0.3) is 22.8 Å². The van der Waals surface area contributed by atoms with Crippen LogP contribution in [0.3, 0.4) is 0 Å². The van der Waals surface area contributed by atoms with Crippen LogP contribution in [-0.4, -0.2) is 67.2 Å². The van der Waals surface area contributed by atoms with Crippen LogP contribution in [0.15, 0.2) is 42.9 Å². The lowest BCUT2D eigenvalue weighted by Crippen LogP contribution is -2.37. The van der Waals surface area contributed by atoms with Gasteiger partial charge in [0, 0.05) is 38.2 Å². The summed E-state index contributed by atoms with van der Waals surface area (Å²) in [6.45, 7) is 2.40. The molecule has 1 aromatic carbocycles. The van der Waals surface area contributed by atoms with Gasteiger partial charge in [-0.15, -0.1) is 0 Å². The van der Waals surface area contributed by atoms with Gasteiger partial charge >= 0.3 is 5.97 Å². The van der Waals surface area contributed by atoms with Crippen LogP contribution in [0.2, 0.25) is 0 Å². The Morgan fingerprint density at radius 2 is 2.09 bits per heavy atom. The molecule has 1 saturated heterocycles. The molecule has 2 aromatic heterocycles. The summed E-state index contributed by atoms with van der Waals surface area (Å²) in [6, 6.07) is 8.65. The first kappa shape index (κ1) is 22.2. The summed E-state index contributed by atoms with van der Waals surface area (Å²) < 4.78 is 6.92. The molecule has 3 heterocycles. The number of benzene rings is 1. The molecular formula is C24H23N5O4. The van der Waals surface area contributed by atoms with Crippen molar-refractivity contribution in [2.24, 2.45) is 7.05 Å². The number of hydrogen-bond acceptors (Lipinski definition) is 7. The highest BCUT2D eigenvalue weighted by molar-refractivity contribution is 5.90. The lowest BCUT2D eigenvalue weighted by atomic mass is 10.0. The second-order valence-electron chi connectivity index (χ2n) is 7.74. The van der Waals surface area contributed by atoms with E-state index in [4.69, 9.17) is 4.74 Å². The van der Waals surface area contributed by atoms with Gasteiger partial charge in [0.1, 0.15) is 0 Å². The summed E-state index contributed by atoms with van der Waals surface area (Å²) >= 11 is 0. The highest BCUT2D eigenvalue weighted by Gasteiger charge is 2.42. The van der Waals surface area contributed by atoms with E-state index in [1.165, 1.54) is 4.90 Å². The van der Waals surface area contributed by atoms with Crippen LogP contribution in [0.1, 0.15) is 29.4 Å². The SMILES string of the molecule is CCOC(=O)c1cc(-c2cncn2C)nc(-c2cccc(C#CC3(O)CCN(C)C3=O)c2)n1. The normalized spacial score (nSPS) is 17.6. The molecule has 0 aliphatic carbocycles. The van der Waals surface area contributed by atoms with E-state index in [9.17, 15) is 14.7 Å². The van der Waals surface area contributed by atoms with Crippen LogP contribution >= 0.6 is 0 Å². The van der Waals surface area contributed by atoms with E-state index in [2.05, 4.69) is 26.8 Å². The second kappa shape index (κ2) is 8.84. The lowest BCUT2D eigenvalue weighted by Gasteiger charge is -2.13. The Labute approximate surface area is 191 Å². The maximum Gasteiger partial charge on any atom is 0.357 e. The fourth-order valence-electron chi connectivity index (χ4n) is 3.50. The van der Waals surface area contributed by atoms with Crippen molar-refractivity contribution in [3.8, 4) is 34.6 Å². The van der Waals surface area contributed by atoms with Crippen molar-refractivity contribution < 1.29 is 19.4 Å². The number of carbonyl (C=O) groups is 2. The van der Waals surface area contributed by atoms with Crippen LogP contribution in [0.5, 0.6) is 0 Å². The molecule has 4 rings (SSSR count). The highest BCUT2D eigenvalue weighted by Crippen LogP contribution is 2.24. The van der Waals surface area contributed by atoms with Crippen LogP contribution in [0.4, 0.5) is 0 Å². The van der Waals surface area contributed by atoms with E-state index in [0.717, 1.165) is 0 Å². The second-order valence-corrected chi connectivity index (χ2v) is 7.74. The van der Waals surface area contributed by atoms with E-state index in [1.807, 2.05) is 7.05 Å². The number of ether oxygens (including phenoxy) is 1. The van der Waals surface area contributed by atoms with Crippen molar-refractivity contribution in [2.45, 2.75) is 18.9 Å². The molecule has 1 fully saturated rings. The fraction of sp³-hybridized carbons (Fsp3) is 0.292. The van der Waals surface area contributed by atoms with Crippen molar-refractivity contribution in [2.75, 3.05) is 20.2 Å². The Morgan fingerprint density at radius 1 is 1.27 bits per heavy atom. The van der Waals surface area contributed by atoms with Crippen molar-refractivity contribution in [1.29, 1.82) is 0 Å². The Kier molecular flexibility index (Phi) is 5.94. The zero-order valence-corrected chi connectivity index (χ0v) is 18.6. The lowest BCUT2D eigenvalue weighted by molar-refractivity contribution is -0.137. The molecular weight excluding hydrogens is 422 g/mol. The van der Waals surface area contributed by atoms with Crippen molar-refractivity contribution in [3.05, 3.63) is 54.1 Å². The Balaban J connectivity index is 1.74. The summed E-state index contributed by atoms with van der Waals surface area (Å²) in [4.78, 5) is 39.2.